The van der Waals surface area contributed by atoms with Crippen LogP contribution in [0.4, 0.5) is 0 Å². The van der Waals surface area contributed by atoms with Crippen LogP contribution in [0.15, 0.2) is 46.9 Å². The Morgan fingerprint density at radius 3 is 2.40 bits per heavy atom. The maximum absolute atomic E-state index is 6.00. The highest BCUT2D eigenvalue weighted by atomic mass is 16.5. The van der Waals surface area contributed by atoms with Gasteiger partial charge in [0.05, 0.1) is 27.4 Å². The molecule has 5 nitrogen and oxygen atoms in total. The maximum Gasteiger partial charge on any atom is 0.176 e. The highest BCUT2D eigenvalue weighted by Crippen LogP contribution is 2.33. The number of methoxy groups -OCH3 is 3. The van der Waals surface area contributed by atoms with Crippen molar-refractivity contribution in [1.29, 1.82) is 0 Å². The Hall–Kier alpha value is -2.66. The average molecular weight is 341 g/mol. The fraction of sp³-hybridized carbons (Fsp3) is 0.300. The van der Waals surface area contributed by atoms with E-state index in [1.54, 1.807) is 21.3 Å². The van der Waals surface area contributed by atoms with Crippen LogP contribution in [-0.4, -0.2) is 21.3 Å². The van der Waals surface area contributed by atoms with E-state index in [1.165, 1.54) is 0 Å². The normalized spacial score (nSPS) is 12.2. The number of benzene rings is 2. The number of nitrogens with one attached hydrogen (secondary N) is 1. The molecule has 0 fully saturated rings. The summed E-state index contributed by atoms with van der Waals surface area (Å²) in [6.45, 7) is 2.70. The maximum atomic E-state index is 6.00. The summed E-state index contributed by atoms with van der Waals surface area (Å²) in [5.74, 6) is 3.07. The number of para-hydroxylation sites is 2. The van der Waals surface area contributed by atoms with E-state index in [0.717, 1.165) is 39.5 Å². The van der Waals surface area contributed by atoms with Gasteiger partial charge in [-0.3, -0.25) is 0 Å². The molecule has 3 aromatic rings. The van der Waals surface area contributed by atoms with Crippen molar-refractivity contribution in [3.05, 3.63) is 53.8 Å². The second-order valence-electron chi connectivity index (χ2n) is 5.78. The molecule has 0 saturated carbocycles. The van der Waals surface area contributed by atoms with E-state index in [1.807, 2.05) is 42.5 Å². The summed E-state index contributed by atoms with van der Waals surface area (Å²) in [5.41, 5.74) is 1.80. The minimum atomic E-state index is 0.0352. The molecule has 3 rings (SSSR count). The van der Waals surface area contributed by atoms with Gasteiger partial charge in [-0.1, -0.05) is 24.3 Å². The fourth-order valence-electron chi connectivity index (χ4n) is 2.89. The van der Waals surface area contributed by atoms with Gasteiger partial charge in [-0.15, -0.1) is 0 Å². The highest BCUT2D eigenvalue weighted by molar-refractivity contribution is 5.83. The third-order valence-electron chi connectivity index (χ3n) is 4.26. The summed E-state index contributed by atoms with van der Waals surface area (Å²) < 4.78 is 22.2. The first-order chi connectivity index (χ1) is 12.2. The molecule has 5 heteroatoms. The first kappa shape index (κ1) is 17.2. The molecule has 1 heterocycles. The molecule has 132 valence electrons. The molecule has 25 heavy (non-hydrogen) atoms. The molecule has 1 aromatic heterocycles. The van der Waals surface area contributed by atoms with Crippen molar-refractivity contribution in [3.8, 4) is 17.2 Å². The van der Waals surface area contributed by atoms with Crippen LogP contribution in [0.25, 0.3) is 11.0 Å². The third-order valence-corrected chi connectivity index (χ3v) is 4.26. The van der Waals surface area contributed by atoms with Crippen LogP contribution >= 0.6 is 0 Å². The number of ether oxygens (including phenoxy) is 3. The molecular weight excluding hydrogens is 318 g/mol. The molecule has 0 radical (unpaired) electrons. The summed E-state index contributed by atoms with van der Waals surface area (Å²) in [4.78, 5) is 0. The third kappa shape index (κ3) is 3.42. The Bertz CT molecular complexity index is 856. The monoisotopic (exact) mass is 341 g/mol. The lowest BCUT2D eigenvalue weighted by Crippen LogP contribution is -2.18. The van der Waals surface area contributed by atoms with Crippen LogP contribution in [-0.2, 0) is 6.54 Å². The van der Waals surface area contributed by atoms with Gasteiger partial charge in [0, 0.05) is 17.5 Å². The molecule has 0 aliphatic rings. The molecule has 0 bridgehead atoms. The van der Waals surface area contributed by atoms with Crippen LogP contribution in [0.1, 0.15) is 24.3 Å². The van der Waals surface area contributed by atoms with E-state index in [-0.39, 0.29) is 6.04 Å². The van der Waals surface area contributed by atoms with Gasteiger partial charge < -0.3 is 23.9 Å². The summed E-state index contributed by atoms with van der Waals surface area (Å²) in [6, 6.07) is 13.8. The first-order valence-corrected chi connectivity index (χ1v) is 8.17. The zero-order valence-corrected chi connectivity index (χ0v) is 15.0. The Labute approximate surface area is 147 Å². The van der Waals surface area contributed by atoms with Gasteiger partial charge in [-0.05, 0) is 25.1 Å². The van der Waals surface area contributed by atoms with E-state index in [2.05, 4.69) is 12.2 Å². The van der Waals surface area contributed by atoms with E-state index < -0.39 is 0 Å². The van der Waals surface area contributed by atoms with Gasteiger partial charge in [0.1, 0.15) is 5.76 Å². The second-order valence-corrected chi connectivity index (χ2v) is 5.78. The molecule has 0 aliphatic carbocycles. The molecule has 1 N–H and O–H groups in total. The fourth-order valence-corrected chi connectivity index (χ4v) is 2.89. The number of furan rings is 1. The van der Waals surface area contributed by atoms with Gasteiger partial charge in [0.25, 0.3) is 0 Å². The Balaban J connectivity index is 1.78. The molecule has 0 spiro atoms. The second kappa shape index (κ2) is 7.49. The van der Waals surface area contributed by atoms with Crippen LogP contribution in [0.3, 0.4) is 0 Å². The lowest BCUT2D eigenvalue weighted by Gasteiger charge is -2.15. The number of hydrogen-bond donors (Lipinski definition) is 1. The zero-order chi connectivity index (χ0) is 17.8. The van der Waals surface area contributed by atoms with Gasteiger partial charge in [0.2, 0.25) is 0 Å². The highest BCUT2D eigenvalue weighted by Gasteiger charge is 2.15. The summed E-state index contributed by atoms with van der Waals surface area (Å²) in [6.07, 6.45) is 0. The van der Waals surface area contributed by atoms with Crippen molar-refractivity contribution in [2.24, 2.45) is 0 Å². The van der Waals surface area contributed by atoms with Crippen molar-refractivity contribution in [2.45, 2.75) is 19.5 Å². The van der Waals surface area contributed by atoms with Gasteiger partial charge in [0.15, 0.2) is 22.8 Å². The van der Waals surface area contributed by atoms with Gasteiger partial charge >= 0.3 is 0 Å². The number of fused-ring (bicyclic) bond motifs is 1. The van der Waals surface area contributed by atoms with E-state index in [9.17, 15) is 0 Å². The summed E-state index contributed by atoms with van der Waals surface area (Å²) in [5, 5.41) is 4.50. The van der Waals surface area contributed by atoms with Crippen LogP contribution in [0.2, 0.25) is 0 Å². The van der Waals surface area contributed by atoms with Crippen molar-refractivity contribution in [1.82, 2.24) is 5.32 Å². The Kier molecular flexibility index (Phi) is 5.14. The number of rotatable bonds is 7. The molecular formula is C20H23NO4. The zero-order valence-electron chi connectivity index (χ0n) is 15.0. The standard InChI is InChI=1S/C20H23NO4/c1-13(18-11-14-7-5-10-17(23-3)20(14)25-18)21-12-15-8-6-9-16(22-2)19(15)24-4/h5-11,13,21H,12H2,1-4H3/t13-/m0/s1. The van der Waals surface area contributed by atoms with Gasteiger partial charge in [-0.25, -0.2) is 0 Å². The SMILES string of the molecule is COc1cccc(CN[C@@H](C)c2cc3cccc(OC)c3o2)c1OC. The van der Waals surface area contributed by atoms with Crippen LogP contribution in [0, 0.1) is 0 Å². The number of hydrogen-bond acceptors (Lipinski definition) is 5. The van der Waals surface area contributed by atoms with Crippen molar-refractivity contribution in [3.63, 3.8) is 0 Å². The predicted octanol–water partition coefficient (Wildman–Crippen LogP) is 4.31. The topological polar surface area (TPSA) is 52.9 Å². The molecule has 0 amide bonds. The van der Waals surface area contributed by atoms with Crippen molar-refractivity contribution < 1.29 is 18.6 Å². The largest absolute Gasteiger partial charge is 0.493 e. The molecule has 0 unspecified atom stereocenters. The van der Waals surface area contributed by atoms with E-state index in [4.69, 9.17) is 18.6 Å². The Morgan fingerprint density at radius 2 is 1.68 bits per heavy atom. The van der Waals surface area contributed by atoms with Crippen molar-refractivity contribution >= 4 is 11.0 Å². The predicted molar refractivity (Wildman–Crippen MR) is 97.6 cm³/mol. The summed E-state index contributed by atoms with van der Waals surface area (Å²) >= 11 is 0. The minimum Gasteiger partial charge on any atom is -0.493 e. The van der Waals surface area contributed by atoms with E-state index in [0.29, 0.717) is 6.54 Å². The van der Waals surface area contributed by atoms with Gasteiger partial charge in [-0.2, -0.15) is 0 Å². The quantitative estimate of drug-likeness (QED) is 0.694. The van der Waals surface area contributed by atoms with Crippen LogP contribution < -0.4 is 19.5 Å². The van der Waals surface area contributed by atoms with Crippen molar-refractivity contribution in [2.75, 3.05) is 21.3 Å². The molecule has 0 saturated heterocycles. The summed E-state index contributed by atoms with van der Waals surface area (Å²) in [7, 11) is 4.93. The minimum absolute atomic E-state index is 0.0352. The average Bonchev–Trinajstić information content (AvgIpc) is 3.09. The lowest BCUT2D eigenvalue weighted by atomic mass is 10.1. The molecule has 2 aromatic carbocycles. The molecule has 0 aliphatic heterocycles. The molecule has 1 atom stereocenters. The van der Waals surface area contributed by atoms with E-state index >= 15 is 0 Å². The smallest absolute Gasteiger partial charge is 0.176 e. The first-order valence-electron chi connectivity index (χ1n) is 8.17. The van der Waals surface area contributed by atoms with Crippen LogP contribution in [0.5, 0.6) is 17.2 Å². The lowest BCUT2D eigenvalue weighted by molar-refractivity contribution is 0.349. The Morgan fingerprint density at radius 1 is 0.960 bits per heavy atom.